The molecule has 1 saturated carbocycles. The molecule has 166 valence electrons. The third-order valence-corrected chi connectivity index (χ3v) is 5.35. The van der Waals surface area contributed by atoms with E-state index in [1.807, 2.05) is 55.5 Å². The van der Waals surface area contributed by atoms with Crippen molar-refractivity contribution in [2.24, 2.45) is 0 Å². The Labute approximate surface area is 187 Å². The standard InChI is InChI=1S/C25H28N4O3/c1-17-7-2-3-8-19(17)21-15-22(29-25(26)27-16-30)24-20(28-21)9-6-10-23(24)32-14-5-4-13-31-18-11-12-18/h2-3,6-10,15-16,18H,4-5,11-14H2,1H3,(H3,26,27,28,29,30). The lowest BCUT2D eigenvalue weighted by Gasteiger charge is -2.16. The van der Waals surface area contributed by atoms with Gasteiger partial charge in [-0.05, 0) is 56.4 Å². The van der Waals surface area contributed by atoms with Crippen LogP contribution in [-0.2, 0) is 9.53 Å². The SMILES string of the molecule is Cc1ccccc1-c1cc(NC(=N)NC=O)c2c(OCCCCOC3CC3)cccc2n1. The van der Waals surface area contributed by atoms with Gasteiger partial charge in [-0.2, -0.15) is 0 Å². The maximum absolute atomic E-state index is 10.8. The summed E-state index contributed by atoms with van der Waals surface area (Å²) >= 11 is 0. The third kappa shape index (κ3) is 5.42. The van der Waals surface area contributed by atoms with Crippen LogP contribution in [0.15, 0.2) is 48.5 Å². The molecule has 0 aliphatic heterocycles. The quantitative estimate of drug-likeness (QED) is 0.188. The summed E-state index contributed by atoms with van der Waals surface area (Å²) in [5.74, 6) is 0.575. The Bertz CT molecular complexity index is 1110. The number of anilines is 1. The molecule has 0 bridgehead atoms. The summed E-state index contributed by atoms with van der Waals surface area (Å²) < 4.78 is 11.8. The van der Waals surface area contributed by atoms with Gasteiger partial charge in [0.1, 0.15) is 5.75 Å². The number of carbonyl (C=O) groups excluding carboxylic acids is 1. The van der Waals surface area contributed by atoms with Crippen LogP contribution in [0.4, 0.5) is 5.69 Å². The summed E-state index contributed by atoms with van der Waals surface area (Å²) in [7, 11) is 0. The third-order valence-electron chi connectivity index (χ3n) is 5.35. The number of aryl methyl sites for hydroxylation is 1. The van der Waals surface area contributed by atoms with E-state index in [9.17, 15) is 4.79 Å². The fourth-order valence-corrected chi connectivity index (χ4v) is 3.57. The number of hydrogen-bond acceptors (Lipinski definition) is 5. The van der Waals surface area contributed by atoms with Crippen molar-refractivity contribution in [3.05, 3.63) is 54.1 Å². The van der Waals surface area contributed by atoms with Crippen LogP contribution < -0.4 is 15.4 Å². The number of amides is 1. The van der Waals surface area contributed by atoms with Crippen molar-refractivity contribution in [2.75, 3.05) is 18.5 Å². The van der Waals surface area contributed by atoms with Gasteiger partial charge < -0.3 is 14.8 Å². The number of carbonyl (C=O) groups is 1. The zero-order chi connectivity index (χ0) is 22.3. The molecule has 7 heteroatoms. The van der Waals surface area contributed by atoms with Crippen molar-refractivity contribution in [1.29, 1.82) is 5.41 Å². The highest BCUT2D eigenvalue weighted by molar-refractivity contribution is 6.06. The van der Waals surface area contributed by atoms with Gasteiger partial charge in [0.25, 0.3) is 0 Å². The topological polar surface area (TPSA) is 96.3 Å². The molecule has 1 aromatic heterocycles. The molecule has 0 spiro atoms. The molecule has 2 aromatic carbocycles. The van der Waals surface area contributed by atoms with E-state index in [0.29, 0.717) is 30.6 Å². The maximum atomic E-state index is 10.8. The highest BCUT2D eigenvalue weighted by Crippen LogP contribution is 2.35. The highest BCUT2D eigenvalue weighted by Gasteiger charge is 2.21. The van der Waals surface area contributed by atoms with Gasteiger partial charge in [-0.25, -0.2) is 4.98 Å². The fourth-order valence-electron chi connectivity index (χ4n) is 3.57. The molecule has 32 heavy (non-hydrogen) atoms. The number of fused-ring (bicyclic) bond motifs is 1. The van der Waals surface area contributed by atoms with E-state index in [1.165, 1.54) is 12.8 Å². The summed E-state index contributed by atoms with van der Waals surface area (Å²) in [6.07, 6.45) is 5.18. The van der Waals surface area contributed by atoms with Gasteiger partial charge in [0.05, 0.1) is 35.0 Å². The summed E-state index contributed by atoms with van der Waals surface area (Å²) in [5.41, 5.74) is 4.30. The van der Waals surface area contributed by atoms with Crippen LogP contribution in [0, 0.1) is 12.3 Å². The first-order chi connectivity index (χ1) is 15.7. The molecule has 1 aliphatic carbocycles. The Hall–Kier alpha value is -3.45. The number of hydrogen-bond donors (Lipinski definition) is 3. The number of nitrogens with zero attached hydrogens (tertiary/aromatic N) is 1. The van der Waals surface area contributed by atoms with E-state index in [2.05, 4.69) is 10.6 Å². The van der Waals surface area contributed by atoms with E-state index < -0.39 is 0 Å². The molecule has 1 aliphatic rings. The van der Waals surface area contributed by atoms with Gasteiger partial charge in [0.2, 0.25) is 6.41 Å². The van der Waals surface area contributed by atoms with Crippen LogP contribution in [0.25, 0.3) is 22.2 Å². The molecule has 3 aromatic rings. The van der Waals surface area contributed by atoms with Crippen molar-refractivity contribution in [3.63, 3.8) is 0 Å². The maximum Gasteiger partial charge on any atom is 0.213 e. The van der Waals surface area contributed by atoms with E-state index in [1.54, 1.807) is 0 Å². The Morgan fingerprint density at radius 3 is 2.75 bits per heavy atom. The van der Waals surface area contributed by atoms with Crippen molar-refractivity contribution in [1.82, 2.24) is 10.3 Å². The lowest BCUT2D eigenvalue weighted by Crippen LogP contribution is -2.28. The van der Waals surface area contributed by atoms with E-state index in [-0.39, 0.29) is 5.96 Å². The van der Waals surface area contributed by atoms with Crippen molar-refractivity contribution in [3.8, 4) is 17.0 Å². The minimum atomic E-state index is -0.115. The van der Waals surface area contributed by atoms with Crippen LogP contribution in [0.3, 0.4) is 0 Å². The minimum Gasteiger partial charge on any atom is -0.493 e. The first kappa shape index (κ1) is 21.8. The highest BCUT2D eigenvalue weighted by atomic mass is 16.5. The molecule has 1 amide bonds. The number of nitrogens with one attached hydrogen (secondary N) is 3. The van der Waals surface area contributed by atoms with Crippen LogP contribution in [0.5, 0.6) is 5.75 Å². The summed E-state index contributed by atoms with van der Waals surface area (Å²) in [6, 6.07) is 15.7. The Kier molecular flexibility index (Phi) is 6.97. The van der Waals surface area contributed by atoms with Gasteiger partial charge in [0.15, 0.2) is 5.96 Å². The molecule has 1 heterocycles. The molecule has 1 fully saturated rings. The molecule has 3 N–H and O–H groups in total. The molecular weight excluding hydrogens is 404 g/mol. The predicted molar refractivity (Wildman–Crippen MR) is 126 cm³/mol. The summed E-state index contributed by atoms with van der Waals surface area (Å²) in [6.45, 7) is 3.37. The number of aromatic nitrogens is 1. The average molecular weight is 433 g/mol. The smallest absolute Gasteiger partial charge is 0.213 e. The summed E-state index contributed by atoms with van der Waals surface area (Å²) in [5, 5.41) is 14.1. The van der Waals surface area contributed by atoms with Crippen molar-refractivity contribution < 1.29 is 14.3 Å². The second-order valence-electron chi connectivity index (χ2n) is 7.91. The molecule has 0 atom stereocenters. The van der Waals surface area contributed by atoms with Crippen LogP contribution >= 0.6 is 0 Å². The average Bonchev–Trinajstić information content (AvgIpc) is 3.61. The normalized spacial score (nSPS) is 13.0. The number of guanidine groups is 1. The van der Waals surface area contributed by atoms with Gasteiger partial charge in [-0.1, -0.05) is 30.3 Å². The van der Waals surface area contributed by atoms with Crippen LogP contribution in [-0.4, -0.2) is 36.7 Å². The largest absolute Gasteiger partial charge is 0.493 e. The van der Waals surface area contributed by atoms with Crippen LogP contribution in [0.2, 0.25) is 0 Å². The van der Waals surface area contributed by atoms with Gasteiger partial charge in [-0.3, -0.25) is 15.5 Å². The first-order valence-corrected chi connectivity index (χ1v) is 11.0. The molecular formula is C25H28N4O3. The predicted octanol–water partition coefficient (Wildman–Crippen LogP) is 4.64. The van der Waals surface area contributed by atoms with Crippen molar-refractivity contribution in [2.45, 2.75) is 38.7 Å². The fraction of sp³-hybridized carbons (Fsp3) is 0.320. The van der Waals surface area contributed by atoms with E-state index in [0.717, 1.165) is 47.2 Å². The summed E-state index contributed by atoms with van der Waals surface area (Å²) in [4.78, 5) is 15.7. The number of rotatable bonds is 10. The first-order valence-electron chi connectivity index (χ1n) is 11.0. The van der Waals surface area contributed by atoms with Gasteiger partial charge in [0, 0.05) is 12.2 Å². The molecule has 0 unspecified atom stereocenters. The van der Waals surface area contributed by atoms with Crippen LogP contribution in [0.1, 0.15) is 31.2 Å². The number of unbranched alkanes of at least 4 members (excludes halogenated alkanes) is 1. The molecule has 0 saturated heterocycles. The number of ether oxygens (including phenoxy) is 2. The minimum absolute atomic E-state index is 0.115. The molecule has 4 rings (SSSR count). The van der Waals surface area contributed by atoms with Crippen molar-refractivity contribution >= 4 is 29.0 Å². The number of pyridine rings is 1. The van der Waals surface area contributed by atoms with Gasteiger partial charge in [-0.15, -0.1) is 0 Å². The number of benzene rings is 2. The lowest BCUT2D eigenvalue weighted by molar-refractivity contribution is -0.108. The molecule has 0 radical (unpaired) electrons. The Balaban J connectivity index is 1.61. The molecule has 7 nitrogen and oxygen atoms in total. The zero-order valence-corrected chi connectivity index (χ0v) is 18.2. The second-order valence-corrected chi connectivity index (χ2v) is 7.91. The zero-order valence-electron chi connectivity index (χ0n) is 18.2. The monoisotopic (exact) mass is 432 g/mol. The second kappa shape index (κ2) is 10.2. The Morgan fingerprint density at radius 2 is 1.97 bits per heavy atom. The van der Waals surface area contributed by atoms with Gasteiger partial charge >= 0.3 is 0 Å². The van der Waals surface area contributed by atoms with E-state index in [4.69, 9.17) is 19.9 Å². The Morgan fingerprint density at radius 1 is 1.16 bits per heavy atom. The lowest BCUT2D eigenvalue weighted by atomic mass is 10.0. The van der Waals surface area contributed by atoms with E-state index >= 15 is 0 Å².